The lowest BCUT2D eigenvalue weighted by molar-refractivity contribution is 0.0948. The largest absolute Gasteiger partial charge is 0.506 e. The highest BCUT2D eigenvalue weighted by molar-refractivity contribution is 6.03. The summed E-state index contributed by atoms with van der Waals surface area (Å²) in [4.78, 5) is 24.8. The summed E-state index contributed by atoms with van der Waals surface area (Å²) in [5, 5.41) is 13.7. The molecule has 0 unspecified atom stereocenters. The first-order chi connectivity index (χ1) is 10.6. The van der Waals surface area contributed by atoms with Crippen molar-refractivity contribution in [2.45, 2.75) is 39.2 Å². The van der Waals surface area contributed by atoms with E-state index in [1.165, 1.54) is 0 Å². The fourth-order valence-corrected chi connectivity index (χ4v) is 3.09. The molecule has 0 atom stereocenters. The summed E-state index contributed by atoms with van der Waals surface area (Å²) in [6.45, 7) is 3.16. The number of benzene rings is 1. The minimum absolute atomic E-state index is 0.136. The first-order valence-electron chi connectivity index (χ1n) is 7.80. The minimum Gasteiger partial charge on any atom is -0.506 e. The van der Waals surface area contributed by atoms with Gasteiger partial charge in [-0.05, 0) is 24.5 Å². The van der Waals surface area contributed by atoms with Gasteiger partial charge >= 0.3 is 0 Å². The summed E-state index contributed by atoms with van der Waals surface area (Å²) in [6, 6.07) is 5.55. The summed E-state index contributed by atoms with van der Waals surface area (Å²) in [5.74, 6) is -0.686. The van der Waals surface area contributed by atoms with Crippen LogP contribution in [0, 0.1) is 0 Å². The first-order valence-corrected chi connectivity index (χ1v) is 7.80. The summed E-state index contributed by atoms with van der Waals surface area (Å²) in [7, 11) is 0. The number of aryl methyl sites for hydroxylation is 2. The van der Waals surface area contributed by atoms with Crippen LogP contribution in [0.2, 0.25) is 0 Å². The van der Waals surface area contributed by atoms with Gasteiger partial charge < -0.3 is 15.0 Å². The number of carbonyl (C=O) groups is 1. The third kappa shape index (κ3) is 2.26. The first kappa shape index (κ1) is 14.6. The van der Waals surface area contributed by atoms with Crippen LogP contribution in [0.25, 0.3) is 10.9 Å². The average Bonchev–Trinajstić information content (AvgIpc) is 2.95. The van der Waals surface area contributed by atoms with E-state index in [2.05, 4.69) is 12.2 Å². The van der Waals surface area contributed by atoms with Crippen molar-refractivity contribution in [3.8, 4) is 5.75 Å². The zero-order valence-corrected chi connectivity index (χ0v) is 12.7. The number of amides is 1. The average molecular weight is 300 g/mol. The van der Waals surface area contributed by atoms with Crippen LogP contribution < -0.4 is 10.9 Å². The molecule has 0 saturated heterocycles. The van der Waals surface area contributed by atoms with Crippen LogP contribution in [0.4, 0.5) is 0 Å². The maximum atomic E-state index is 12.5. The molecule has 1 aromatic heterocycles. The molecular weight excluding hydrogens is 280 g/mol. The van der Waals surface area contributed by atoms with Crippen LogP contribution >= 0.6 is 0 Å². The lowest BCUT2D eigenvalue weighted by Gasteiger charge is -2.11. The standard InChI is InChI=1S/C17H20N2O3/c1-2-3-4-9-18-16(21)13-15(20)12-7-5-6-11-8-10-19(14(11)12)17(13)22/h5-7,20H,2-4,8-10H2,1H3,(H,18,21). The molecule has 5 heteroatoms. The molecule has 3 rings (SSSR count). The van der Waals surface area contributed by atoms with E-state index >= 15 is 0 Å². The Balaban J connectivity index is 2.02. The second-order valence-corrected chi connectivity index (χ2v) is 5.71. The van der Waals surface area contributed by atoms with E-state index in [1.807, 2.05) is 12.1 Å². The molecule has 1 aliphatic heterocycles. The molecule has 0 saturated carbocycles. The predicted octanol–water partition coefficient (Wildman–Crippen LogP) is 2.18. The zero-order valence-electron chi connectivity index (χ0n) is 12.7. The number of nitrogens with zero attached hydrogens (tertiary/aromatic N) is 1. The Labute approximate surface area is 128 Å². The smallest absolute Gasteiger partial charge is 0.267 e. The number of aromatic hydroxyl groups is 1. The fourth-order valence-electron chi connectivity index (χ4n) is 3.09. The molecule has 5 nitrogen and oxygen atoms in total. The normalized spacial score (nSPS) is 12.8. The van der Waals surface area contributed by atoms with Gasteiger partial charge in [0.1, 0.15) is 11.3 Å². The molecule has 0 radical (unpaired) electrons. The molecule has 116 valence electrons. The number of nitrogens with one attached hydrogen (secondary N) is 1. The van der Waals surface area contributed by atoms with Crippen LogP contribution in [-0.2, 0) is 13.0 Å². The van der Waals surface area contributed by atoms with Crippen molar-refractivity contribution in [1.29, 1.82) is 0 Å². The van der Waals surface area contributed by atoms with Crippen molar-refractivity contribution in [2.24, 2.45) is 0 Å². The lowest BCUT2D eigenvalue weighted by Crippen LogP contribution is -2.33. The highest BCUT2D eigenvalue weighted by Crippen LogP contribution is 2.31. The minimum atomic E-state index is -0.485. The molecule has 1 amide bonds. The summed E-state index contributed by atoms with van der Waals surface area (Å²) in [6.07, 6.45) is 3.72. The number of pyridine rings is 1. The molecule has 1 aliphatic rings. The SMILES string of the molecule is CCCCCNC(=O)c1c(O)c2cccc3c2n(c1=O)CC3. The van der Waals surface area contributed by atoms with E-state index in [0.717, 1.165) is 36.8 Å². The van der Waals surface area contributed by atoms with Gasteiger partial charge in [0, 0.05) is 18.5 Å². The molecule has 22 heavy (non-hydrogen) atoms. The number of hydrogen-bond acceptors (Lipinski definition) is 3. The van der Waals surface area contributed by atoms with Gasteiger partial charge in [-0.1, -0.05) is 31.9 Å². The van der Waals surface area contributed by atoms with Gasteiger partial charge in [-0.2, -0.15) is 0 Å². The Morgan fingerprint density at radius 2 is 2.18 bits per heavy atom. The molecule has 2 heterocycles. The van der Waals surface area contributed by atoms with Crippen molar-refractivity contribution in [3.63, 3.8) is 0 Å². The lowest BCUT2D eigenvalue weighted by atomic mass is 10.1. The molecule has 0 bridgehead atoms. The van der Waals surface area contributed by atoms with Crippen LogP contribution in [-0.4, -0.2) is 22.1 Å². The molecule has 1 aromatic carbocycles. The van der Waals surface area contributed by atoms with Gasteiger partial charge in [0.2, 0.25) is 0 Å². The van der Waals surface area contributed by atoms with Gasteiger partial charge in [0.05, 0.1) is 5.52 Å². The van der Waals surface area contributed by atoms with Gasteiger partial charge in [0.15, 0.2) is 0 Å². The zero-order chi connectivity index (χ0) is 15.7. The van der Waals surface area contributed by atoms with Crippen molar-refractivity contribution >= 4 is 16.8 Å². The number of carbonyl (C=O) groups excluding carboxylic acids is 1. The van der Waals surface area contributed by atoms with Crippen LogP contribution in [0.5, 0.6) is 5.75 Å². The Bertz CT molecular complexity index is 793. The monoisotopic (exact) mass is 300 g/mol. The summed E-state index contributed by atoms with van der Waals surface area (Å²) >= 11 is 0. The molecular formula is C17H20N2O3. The number of rotatable bonds is 5. The highest BCUT2D eigenvalue weighted by Gasteiger charge is 2.25. The van der Waals surface area contributed by atoms with E-state index < -0.39 is 11.5 Å². The summed E-state index contributed by atoms with van der Waals surface area (Å²) < 4.78 is 1.60. The van der Waals surface area contributed by atoms with E-state index in [1.54, 1.807) is 10.6 Å². The predicted molar refractivity (Wildman–Crippen MR) is 85.4 cm³/mol. The van der Waals surface area contributed by atoms with E-state index in [9.17, 15) is 14.7 Å². The maximum absolute atomic E-state index is 12.5. The quantitative estimate of drug-likeness (QED) is 0.831. The van der Waals surface area contributed by atoms with E-state index in [-0.39, 0.29) is 11.3 Å². The Hall–Kier alpha value is -2.30. The molecule has 0 fully saturated rings. The van der Waals surface area contributed by atoms with Gasteiger partial charge in [0.25, 0.3) is 11.5 Å². The van der Waals surface area contributed by atoms with Crippen LogP contribution in [0.3, 0.4) is 0 Å². The van der Waals surface area contributed by atoms with Crippen LogP contribution in [0.1, 0.15) is 42.1 Å². The number of aromatic nitrogens is 1. The van der Waals surface area contributed by atoms with Crippen molar-refractivity contribution in [2.75, 3.05) is 6.54 Å². The van der Waals surface area contributed by atoms with Gasteiger partial charge in [-0.3, -0.25) is 9.59 Å². The third-order valence-corrected chi connectivity index (χ3v) is 4.24. The van der Waals surface area contributed by atoms with Gasteiger partial charge in [-0.15, -0.1) is 0 Å². The topological polar surface area (TPSA) is 71.3 Å². The Morgan fingerprint density at radius 1 is 1.36 bits per heavy atom. The Kier molecular flexibility index (Phi) is 3.88. The van der Waals surface area contributed by atoms with Gasteiger partial charge in [-0.25, -0.2) is 0 Å². The molecule has 0 spiro atoms. The second-order valence-electron chi connectivity index (χ2n) is 5.71. The third-order valence-electron chi connectivity index (χ3n) is 4.24. The van der Waals surface area contributed by atoms with Crippen molar-refractivity contribution < 1.29 is 9.90 Å². The van der Waals surface area contributed by atoms with E-state index in [4.69, 9.17) is 0 Å². The molecule has 2 aromatic rings. The van der Waals surface area contributed by atoms with E-state index in [0.29, 0.717) is 18.5 Å². The van der Waals surface area contributed by atoms with Crippen molar-refractivity contribution in [3.05, 3.63) is 39.7 Å². The molecule has 2 N–H and O–H groups in total. The van der Waals surface area contributed by atoms with Crippen LogP contribution in [0.15, 0.2) is 23.0 Å². The number of para-hydroxylation sites is 1. The molecule has 0 aliphatic carbocycles. The number of unbranched alkanes of at least 4 members (excludes halogenated alkanes) is 2. The maximum Gasteiger partial charge on any atom is 0.267 e. The Morgan fingerprint density at radius 3 is 2.95 bits per heavy atom. The second kappa shape index (κ2) is 5.83. The fraction of sp³-hybridized carbons (Fsp3) is 0.412. The summed E-state index contributed by atoms with van der Waals surface area (Å²) in [5.41, 5.74) is 1.26. The number of hydrogen-bond donors (Lipinski definition) is 2. The highest BCUT2D eigenvalue weighted by atomic mass is 16.3. The van der Waals surface area contributed by atoms with Crippen molar-refractivity contribution in [1.82, 2.24) is 9.88 Å².